The predicted octanol–water partition coefficient (Wildman–Crippen LogP) is 7.18. The number of hydrogen-bond acceptors (Lipinski definition) is 15. The van der Waals surface area contributed by atoms with E-state index in [1.807, 2.05) is 52.0 Å². The van der Waals surface area contributed by atoms with Crippen LogP contribution < -0.4 is 37.0 Å². The zero-order chi connectivity index (χ0) is 50.6. The Labute approximate surface area is 400 Å². The van der Waals surface area contributed by atoms with Crippen LogP contribution in [0.5, 0.6) is 23.0 Å². The number of rotatable bonds is 14. The molecule has 0 aliphatic carbocycles. The van der Waals surface area contributed by atoms with E-state index in [1.165, 1.54) is 62.6 Å². The van der Waals surface area contributed by atoms with Crippen molar-refractivity contribution in [1.82, 2.24) is 19.9 Å². The molecule has 2 aromatic heterocycles. The fourth-order valence-corrected chi connectivity index (χ4v) is 5.94. The van der Waals surface area contributed by atoms with Crippen molar-refractivity contribution in [3.05, 3.63) is 138 Å². The summed E-state index contributed by atoms with van der Waals surface area (Å²) < 4.78 is 53.7. The monoisotopic (exact) mass is 968 g/mol. The highest BCUT2D eigenvalue weighted by atomic mass is 35.5. The first-order valence-electron chi connectivity index (χ1n) is 20.8. The van der Waals surface area contributed by atoms with Crippen LogP contribution in [-0.4, -0.2) is 86.3 Å². The number of carboxylic acid groups (broad SMARTS) is 1. The topological polar surface area (TPSA) is 262 Å². The molecule has 1 fully saturated rings. The quantitative estimate of drug-likeness (QED) is 0.0411. The number of carbonyl (C=O) groups is 4. The number of carbonyl (C=O) groups excluding carboxylic acids is 3. The number of esters is 1. The summed E-state index contributed by atoms with van der Waals surface area (Å²) in [4.78, 5) is 60.5. The van der Waals surface area contributed by atoms with Crippen molar-refractivity contribution in [3.63, 3.8) is 0 Å². The Morgan fingerprint density at radius 3 is 1.49 bits per heavy atom. The molecule has 1 aliphatic rings. The van der Waals surface area contributed by atoms with Gasteiger partial charge in [-0.25, -0.2) is 33.5 Å². The molecule has 0 saturated carbocycles. The molecule has 1 aliphatic heterocycles. The van der Waals surface area contributed by atoms with Crippen LogP contribution in [0.15, 0.2) is 109 Å². The van der Waals surface area contributed by atoms with Gasteiger partial charge in [0.05, 0.1) is 18.3 Å². The van der Waals surface area contributed by atoms with Gasteiger partial charge in [-0.3, -0.25) is 14.4 Å². The summed E-state index contributed by atoms with van der Waals surface area (Å²) in [5, 5.41) is 14.3. The number of primary amides is 2. The highest BCUT2D eigenvalue weighted by Crippen LogP contribution is 2.36. The summed E-state index contributed by atoms with van der Waals surface area (Å²) in [6.45, 7) is 11.1. The lowest BCUT2D eigenvalue weighted by Gasteiger charge is -2.32. The lowest BCUT2D eigenvalue weighted by atomic mass is 9.79. The van der Waals surface area contributed by atoms with E-state index < -0.39 is 35.8 Å². The summed E-state index contributed by atoms with van der Waals surface area (Å²) in [5.41, 5.74) is 11.1. The van der Waals surface area contributed by atoms with E-state index in [2.05, 4.69) is 35.3 Å². The van der Waals surface area contributed by atoms with E-state index in [9.17, 15) is 28.0 Å². The van der Waals surface area contributed by atoms with Crippen LogP contribution in [0.25, 0.3) is 11.4 Å². The Bertz CT molecular complexity index is 2740. The third kappa shape index (κ3) is 14.9. The third-order valence-electron chi connectivity index (χ3n) is 10.2. The van der Waals surface area contributed by atoms with Crippen LogP contribution in [0, 0.1) is 11.6 Å². The number of nitrogens with zero attached hydrogens (tertiary/aromatic N) is 4. The van der Waals surface area contributed by atoms with E-state index in [-0.39, 0.29) is 64.1 Å². The van der Waals surface area contributed by atoms with E-state index in [0.29, 0.717) is 28.6 Å². The molecule has 2 atom stereocenters. The van der Waals surface area contributed by atoms with Crippen molar-refractivity contribution in [3.8, 4) is 34.4 Å². The van der Waals surface area contributed by atoms with E-state index >= 15 is 0 Å². The Morgan fingerprint density at radius 1 is 0.652 bits per heavy atom. The Balaban J connectivity index is 0.000000200. The molecule has 1 saturated heterocycles. The maximum atomic E-state index is 13.0. The molecule has 0 unspecified atom stereocenters. The number of anilines is 2. The van der Waals surface area contributed by atoms with Crippen molar-refractivity contribution in [2.45, 2.75) is 64.8 Å². The molecule has 0 bridgehead atoms. The number of ether oxygens (including phenoxy) is 3. The zero-order valence-corrected chi connectivity index (χ0v) is 39.1. The number of hydrogen-bond donors (Lipinski definition) is 5. The van der Waals surface area contributed by atoms with Crippen LogP contribution in [0.4, 0.5) is 20.4 Å². The van der Waals surface area contributed by atoms with Crippen LogP contribution >= 0.6 is 11.6 Å². The van der Waals surface area contributed by atoms with Gasteiger partial charge < -0.3 is 50.7 Å². The molecule has 360 valence electrons. The van der Waals surface area contributed by atoms with Crippen molar-refractivity contribution < 1.29 is 56.6 Å². The summed E-state index contributed by atoms with van der Waals surface area (Å²) in [6.07, 6.45) is 0. The van der Waals surface area contributed by atoms with Crippen molar-refractivity contribution >= 4 is 59.6 Å². The van der Waals surface area contributed by atoms with Gasteiger partial charge in [-0.05, 0) is 144 Å². The smallest absolute Gasteiger partial charge is 0.480 e. The second-order valence-corrected chi connectivity index (χ2v) is 16.3. The van der Waals surface area contributed by atoms with Crippen LogP contribution in [0.1, 0.15) is 62.5 Å². The number of benzene rings is 4. The van der Waals surface area contributed by atoms with Gasteiger partial charge in [-0.1, -0.05) is 12.1 Å². The van der Waals surface area contributed by atoms with Gasteiger partial charge in [0.15, 0.2) is 5.82 Å². The number of aromatic nitrogens is 4. The standard InChI is InChI=1S/C20H17FN4O4.C18H20BFO3.C9H11ClN4O3/c1-11(20(27)28)23-17-10-16(18(22)26)24-19(25-17)12-2-6-14(7-3-12)29-15-8-4-13(21)5-9-15;1-17(2)18(3,4)23-19(22-17)13-5-9-15(10-6-13)21-16-11-7-14(20)8-12-16;1-4(8(16)17-2)12-6-3-5(7(11)15)13-9(10)14-6/h2-11H,1H3,(H2,22,26)(H,27,28)(H,23,24,25);5-12H,1-4H3;3-4H,1-2H3,(H2,11,15)(H,12,13,14)/t11-;;4-/m0.0/s1. The number of amides is 2. The number of nitrogens with two attached hydrogens (primary N) is 2. The minimum atomic E-state index is -1.08. The highest BCUT2D eigenvalue weighted by molar-refractivity contribution is 6.62. The molecular weight excluding hydrogens is 921 g/mol. The van der Waals surface area contributed by atoms with Gasteiger partial charge >= 0.3 is 19.1 Å². The molecule has 7 rings (SSSR count). The fraction of sp³-hybridized carbons (Fsp3) is 0.234. The lowest BCUT2D eigenvalue weighted by Crippen LogP contribution is -2.41. The molecule has 2 amide bonds. The second-order valence-electron chi connectivity index (χ2n) is 16.0. The number of halogens is 3. The first-order valence-corrected chi connectivity index (χ1v) is 21.2. The molecule has 22 heteroatoms. The molecule has 0 radical (unpaired) electrons. The molecule has 18 nitrogen and oxygen atoms in total. The first-order chi connectivity index (χ1) is 32.5. The highest BCUT2D eigenvalue weighted by Gasteiger charge is 2.51. The van der Waals surface area contributed by atoms with Gasteiger partial charge in [0.2, 0.25) is 5.28 Å². The number of carboxylic acids is 1. The van der Waals surface area contributed by atoms with Gasteiger partial charge in [0.1, 0.15) is 69.7 Å². The first kappa shape index (κ1) is 52.2. The zero-order valence-electron chi connectivity index (χ0n) is 38.3. The largest absolute Gasteiger partial charge is 0.494 e. The van der Waals surface area contributed by atoms with Crippen LogP contribution in [0.2, 0.25) is 5.28 Å². The predicted molar refractivity (Wildman–Crippen MR) is 252 cm³/mol. The van der Waals surface area contributed by atoms with Gasteiger partial charge in [-0.2, -0.15) is 0 Å². The summed E-state index contributed by atoms with van der Waals surface area (Å²) in [5.74, 6) is -0.880. The Kier molecular flexibility index (Phi) is 17.3. The summed E-state index contributed by atoms with van der Waals surface area (Å²) in [6, 6.07) is 26.7. The van der Waals surface area contributed by atoms with Crippen molar-refractivity contribution in [1.29, 1.82) is 0 Å². The SMILES string of the molecule is CC1(C)OB(c2ccc(Oc3ccc(F)cc3)cc2)OC1(C)C.COC(=O)[C@H](C)Nc1cc(C(N)=O)nc(Cl)n1.C[C@H](Nc1cc(C(N)=O)nc(-c2ccc(Oc3ccc(F)cc3)cc2)n1)C(=O)O. The van der Waals surface area contributed by atoms with E-state index in [1.54, 1.807) is 43.3 Å². The molecule has 69 heavy (non-hydrogen) atoms. The fourth-order valence-electron chi connectivity index (χ4n) is 5.76. The molecule has 6 aromatic rings. The van der Waals surface area contributed by atoms with Gasteiger partial charge in [0.25, 0.3) is 11.8 Å². The van der Waals surface area contributed by atoms with E-state index in [0.717, 1.165) is 5.46 Å². The summed E-state index contributed by atoms with van der Waals surface area (Å²) in [7, 11) is 0.877. The second kappa shape index (κ2) is 22.8. The average molecular weight is 969 g/mol. The molecule has 7 N–H and O–H groups in total. The number of nitrogens with one attached hydrogen (secondary N) is 2. The minimum Gasteiger partial charge on any atom is -0.480 e. The molecule has 0 spiro atoms. The number of methoxy groups -OCH3 is 1. The molecule has 3 heterocycles. The van der Waals surface area contributed by atoms with Crippen molar-refractivity contribution in [2.24, 2.45) is 11.5 Å². The van der Waals surface area contributed by atoms with E-state index in [4.69, 9.17) is 47.0 Å². The Hall–Kier alpha value is -7.75. The lowest BCUT2D eigenvalue weighted by molar-refractivity contribution is -0.141. The third-order valence-corrected chi connectivity index (χ3v) is 10.4. The Morgan fingerprint density at radius 2 is 1.06 bits per heavy atom. The van der Waals surface area contributed by atoms with Gasteiger partial charge in [-0.15, -0.1) is 0 Å². The normalized spacial score (nSPS) is 14.0. The van der Waals surface area contributed by atoms with Crippen LogP contribution in [0.3, 0.4) is 0 Å². The summed E-state index contributed by atoms with van der Waals surface area (Å²) >= 11 is 5.60. The average Bonchev–Trinajstić information content (AvgIpc) is 3.53. The van der Waals surface area contributed by atoms with Crippen LogP contribution in [-0.2, 0) is 23.6 Å². The maximum Gasteiger partial charge on any atom is 0.494 e. The maximum absolute atomic E-state index is 13.0. The molecule has 4 aromatic carbocycles. The molecular formula is C47H48BClF2N8O10. The van der Waals surface area contributed by atoms with Crippen molar-refractivity contribution in [2.75, 3.05) is 17.7 Å². The van der Waals surface area contributed by atoms with Gasteiger partial charge in [0, 0.05) is 17.7 Å². The minimum absolute atomic E-state index is 0.0374. The number of aliphatic carboxylic acids is 1.